The van der Waals surface area contributed by atoms with Crippen LogP contribution in [0, 0.1) is 11.6 Å². The van der Waals surface area contributed by atoms with Gasteiger partial charge in [0, 0.05) is 18.3 Å². The fourth-order valence-corrected chi connectivity index (χ4v) is 3.87. The van der Waals surface area contributed by atoms with Gasteiger partial charge in [-0.2, -0.15) is 0 Å². The van der Waals surface area contributed by atoms with Gasteiger partial charge >= 0.3 is 0 Å². The van der Waals surface area contributed by atoms with Crippen LogP contribution in [0.15, 0.2) is 78.5 Å². The highest BCUT2D eigenvalue weighted by atomic mass is 19.1. The Hall–Kier alpha value is -4.00. The van der Waals surface area contributed by atoms with Crippen molar-refractivity contribution in [3.05, 3.63) is 95.7 Å². The Bertz CT molecular complexity index is 1220. The Morgan fingerprint density at radius 3 is 2.18 bits per heavy atom. The summed E-state index contributed by atoms with van der Waals surface area (Å²) in [6, 6.07) is 18.7. The lowest BCUT2D eigenvalue weighted by Crippen LogP contribution is -2.36. The number of hydrogen-bond acceptors (Lipinski definition) is 4. The van der Waals surface area contributed by atoms with Gasteiger partial charge in [-0.15, -0.1) is 0 Å². The fourth-order valence-electron chi connectivity index (χ4n) is 3.87. The van der Waals surface area contributed by atoms with E-state index in [2.05, 4.69) is 0 Å². The molecule has 0 bridgehead atoms. The lowest BCUT2D eigenvalue weighted by atomic mass is 10.0. The number of anilines is 2. The Balaban J connectivity index is 1.89. The molecule has 0 saturated carbocycles. The van der Waals surface area contributed by atoms with Gasteiger partial charge in [0.05, 0.1) is 17.9 Å². The molecule has 7 heteroatoms. The third kappa shape index (κ3) is 4.09. The van der Waals surface area contributed by atoms with Crippen LogP contribution in [-0.4, -0.2) is 25.0 Å². The maximum Gasteiger partial charge on any atom is 0.282 e. The van der Waals surface area contributed by atoms with Crippen LogP contribution in [0.1, 0.15) is 19.4 Å². The molecule has 0 fully saturated rings. The van der Waals surface area contributed by atoms with Crippen LogP contribution in [0.4, 0.5) is 20.2 Å². The van der Waals surface area contributed by atoms with E-state index in [4.69, 9.17) is 4.74 Å². The molecule has 1 aliphatic rings. The van der Waals surface area contributed by atoms with Crippen molar-refractivity contribution in [2.45, 2.75) is 13.8 Å². The molecule has 3 aromatic rings. The average Bonchev–Trinajstić information content (AvgIpc) is 3.06. The van der Waals surface area contributed by atoms with Crippen LogP contribution in [0.3, 0.4) is 0 Å². The molecular formula is C26H22F2N2O3. The van der Waals surface area contributed by atoms with Crippen LogP contribution < -0.4 is 14.5 Å². The number of likely N-dealkylation sites (N-methyl/N-ethyl adjacent to an activating group) is 1. The van der Waals surface area contributed by atoms with E-state index < -0.39 is 23.4 Å². The monoisotopic (exact) mass is 448 g/mol. The maximum atomic E-state index is 14.6. The molecule has 0 radical (unpaired) electrons. The standard InChI is InChI=1S/C26H22F2N2O3/c1-3-29(19-8-6-5-7-9-19)24-23(17-10-13-20(14-11-17)33-4-2)25(31)30(26(24)32)22-15-12-18(27)16-21(22)28/h5-16H,3-4H2,1-2H3. The summed E-state index contributed by atoms with van der Waals surface area (Å²) in [4.78, 5) is 29.6. The second-order valence-corrected chi connectivity index (χ2v) is 7.30. The zero-order valence-corrected chi connectivity index (χ0v) is 18.2. The van der Waals surface area contributed by atoms with E-state index in [9.17, 15) is 18.4 Å². The normalized spacial score (nSPS) is 13.6. The van der Waals surface area contributed by atoms with Gasteiger partial charge in [0.25, 0.3) is 11.8 Å². The summed E-state index contributed by atoms with van der Waals surface area (Å²) in [5.41, 5.74) is 1.17. The number of carbonyl (C=O) groups is 2. The topological polar surface area (TPSA) is 49.9 Å². The highest BCUT2D eigenvalue weighted by Crippen LogP contribution is 2.38. The number of para-hydroxylation sites is 1. The van der Waals surface area contributed by atoms with Gasteiger partial charge in [-0.3, -0.25) is 9.59 Å². The largest absolute Gasteiger partial charge is 0.494 e. The van der Waals surface area contributed by atoms with Crippen molar-refractivity contribution < 1.29 is 23.1 Å². The molecule has 0 unspecified atom stereocenters. The minimum Gasteiger partial charge on any atom is -0.494 e. The van der Waals surface area contributed by atoms with E-state index in [0.29, 0.717) is 36.2 Å². The molecule has 33 heavy (non-hydrogen) atoms. The first-order chi connectivity index (χ1) is 16.0. The molecule has 1 aliphatic heterocycles. The summed E-state index contributed by atoms with van der Waals surface area (Å²) in [6.07, 6.45) is 0. The quantitative estimate of drug-likeness (QED) is 0.468. The molecule has 0 saturated heterocycles. The van der Waals surface area contributed by atoms with Gasteiger partial charge in [-0.1, -0.05) is 30.3 Å². The molecular weight excluding hydrogens is 426 g/mol. The summed E-state index contributed by atoms with van der Waals surface area (Å²) in [5, 5.41) is 0. The summed E-state index contributed by atoms with van der Waals surface area (Å²) in [6.45, 7) is 4.59. The van der Waals surface area contributed by atoms with Gasteiger partial charge in [-0.25, -0.2) is 13.7 Å². The summed E-state index contributed by atoms with van der Waals surface area (Å²) >= 11 is 0. The van der Waals surface area contributed by atoms with Crippen LogP contribution in [0.2, 0.25) is 0 Å². The first kappa shape index (κ1) is 22.2. The van der Waals surface area contributed by atoms with Gasteiger partial charge in [0.2, 0.25) is 0 Å². The smallest absolute Gasteiger partial charge is 0.282 e. The zero-order chi connectivity index (χ0) is 23.5. The van der Waals surface area contributed by atoms with Crippen molar-refractivity contribution in [1.29, 1.82) is 0 Å². The molecule has 4 rings (SSSR count). The van der Waals surface area contributed by atoms with Crippen molar-refractivity contribution in [3.63, 3.8) is 0 Å². The van der Waals surface area contributed by atoms with E-state index in [1.54, 1.807) is 29.2 Å². The van der Waals surface area contributed by atoms with Gasteiger partial charge in [0.1, 0.15) is 23.1 Å². The number of hydrogen-bond donors (Lipinski definition) is 0. The Kier molecular flexibility index (Phi) is 6.22. The van der Waals surface area contributed by atoms with Crippen molar-refractivity contribution in [2.75, 3.05) is 23.0 Å². The molecule has 5 nitrogen and oxygen atoms in total. The first-order valence-electron chi connectivity index (χ1n) is 10.6. The van der Waals surface area contributed by atoms with E-state index in [1.807, 2.05) is 44.2 Å². The number of rotatable bonds is 7. The Labute approximate surface area is 190 Å². The van der Waals surface area contributed by atoms with Gasteiger partial charge in [0.15, 0.2) is 0 Å². The number of imide groups is 1. The number of benzene rings is 3. The third-order valence-electron chi connectivity index (χ3n) is 5.32. The molecule has 3 aromatic carbocycles. The Morgan fingerprint density at radius 1 is 0.879 bits per heavy atom. The Morgan fingerprint density at radius 2 is 1.58 bits per heavy atom. The lowest BCUT2D eigenvalue weighted by Gasteiger charge is -2.25. The molecule has 0 atom stereocenters. The minimum absolute atomic E-state index is 0.126. The SMILES string of the molecule is CCOc1ccc(C2=C(N(CC)c3ccccc3)C(=O)N(c3ccc(F)cc3F)C2=O)cc1. The summed E-state index contributed by atoms with van der Waals surface area (Å²) in [5.74, 6) is -2.53. The number of nitrogens with zero attached hydrogens (tertiary/aromatic N) is 2. The van der Waals surface area contributed by atoms with E-state index in [0.717, 1.165) is 17.0 Å². The van der Waals surface area contributed by atoms with Gasteiger partial charge < -0.3 is 9.64 Å². The second kappa shape index (κ2) is 9.24. The molecule has 2 amide bonds. The number of halogens is 2. The van der Waals surface area contributed by atoms with E-state index in [1.165, 1.54) is 0 Å². The molecule has 1 heterocycles. The first-order valence-corrected chi connectivity index (χ1v) is 10.6. The van der Waals surface area contributed by atoms with Crippen molar-refractivity contribution in [1.82, 2.24) is 0 Å². The lowest BCUT2D eigenvalue weighted by molar-refractivity contribution is -0.120. The van der Waals surface area contributed by atoms with Crippen molar-refractivity contribution in [3.8, 4) is 5.75 Å². The predicted octanol–water partition coefficient (Wildman–Crippen LogP) is 5.17. The second-order valence-electron chi connectivity index (χ2n) is 7.30. The minimum atomic E-state index is -0.994. The van der Waals surface area contributed by atoms with Crippen LogP contribution >= 0.6 is 0 Å². The molecule has 0 N–H and O–H groups in total. The fraction of sp³-hybridized carbons (Fsp3) is 0.154. The predicted molar refractivity (Wildman–Crippen MR) is 123 cm³/mol. The number of ether oxygens (including phenoxy) is 1. The summed E-state index contributed by atoms with van der Waals surface area (Å²) < 4.78 is 33.6. The van der Waals surface area contributed by atoms with Crippen LogP contribution in [-0.2, 0) is 9.59 Å². The van der Waals surface area contributed by atoms with Crippen LogP contribution in [0.5, 0.6) is 5.75 Å². The highest BCUT2D eigenvalue weighted by Gasteiger charge is 2.43. The molecule has 0 aliphatic carbocycles. The molecule has 168 valence electrons. The van der Waals surface area contributed by atoms with E-state index >= 15 is 0 Å². The number of carbonyl (C=O) groups excluding carboxylic acids is 2. The van der Waals surface area contributed by atoms with Gasteiger partial charge in [-0.05, 0) is 55.8 Å². The van der Waals surface area contributed by atoms with Crippen molar-refractivity contribution in [2.24, 2.45) is 0 Å². The average molecular weight is 448 g/mol. The third-order valence-corrected chi connectivity index (χ3v) is 5.32. The van der Waals surface area contributed by atoms with E-state index in [-0.39, 0.29) is 17.0 Å². The van der Waals surface area contributed by atoms with Crippen molar-refractivity contribution >= 4 is 28.8 Å². The van der Waals surface area contributed by atoms with Crippen LogP contribution in [0.25, 0.3) is 5.57 Å². The highest BCUT2D eigenvalue weighted by molar-refractivity contribution is 6.46. The molecule has 0 spiro atoms. The molecule has 0 aromatic heterocycles. The maximum absolute atomic E-state index is 14.6. The summed E-state index contributed by atoms with van der Waals surface area (Å²) in [7, 11) is 0. The zero-order valence-electron chi connectivity index (χ0n) is 18.2. The number of amides is 2.